The predicted molar refractivity (Wildman–Crippen MR) is 113 cm³/mol. The fraction of sp³-hybridized carbons (Fsp3) is 0.560. The molecule has 1 heterocycles. The lowest BCUT2D eigenvalue weighted by Crippen LogP contribution is -2.45. The number of hydrogen-bond acceptors (Lipinski definition) is 0. The van der Waals surface area contributed by atoms with Crippen LogP contribution < -0.4 is 0 Å². The summed E-state index contributed by atoms with van der Waals surface area (Å²) in [5, 5.41) is 0. The molecule has 26 heavy (non-hydrogen) atoms. The minimum atomic E-state index is 0.111. The lowest BCUT2D eigenvalue weighted by molar-refractivity contribution is -0.620. The first-order valence-electron chi connectivity index (χ1n) is 10.5. The molecular weight excluding hydrogens is 314 g/mol. The molecule has 1 aromatic rings. The largest absolute Gasteiger partial charge is 0.227 e. The topological polar surface area (TPSA) is 3.01 Å². The molecule has 1 nitrogen and oxygen atoms in total. The van der Waals surface area contributed by atoms with E-state index in [1.54, 1.807) is 5.57 Å². The molecule has 3 rings (SSSR count). The zero-order chi connectivity index (χ0) is 18.8. The molecule has 1 heteroatoms. The lowest BCUT2D eigenvalue weighted by Gasteiger charge is -2.32. The summed E-state index contributed by atoms with van der Waals surface area (Å²) in [5.74, 6) is 0.625. The first-order chi connectivity index (χ1) is 12.4. The molecule has 0 aromatic heterocycles. The van der Waals surface area contributed by atoms with E-state index >= 15 is 0 Å². The number of hydrogen-bond donors (Lipinski definition) is 0. The van der Waals surface area contributed by atoms with Gasteiger partial charge in [0.2, 0.25) is 0 Å². The first kappa shape index (κ1) is 19.1. The Morgan fingerprint density at radius 2 is 1.77 bits per heavy atom. The first-order valence-corrected chi connectivity index (χ1v) is 10.5. The van der Waals surface area contributed by atoms with Crippen LogP contribution >= 0.6 is 0 Å². The van der Waals surface area contributed by atoms with Crippen LogP contribution in [0.2, 0.25) is 0 Å². The Morgan fingerprint density at radius 1 is 1.04 bits per heavy atom. The molecule has 1 aromatic carbocycles. The van der Waals surface area contributed by atoms with Crippen molar-refractivity contribution in [3.8, 4) is 0 Å². The molecule has 140 valence electrons. The van der Waals surface area contributed by atoms with Gasteiger partial charge in [-0.05, 0) is 44.7 Å². The van der Waals surface area contributed by atoms with Crippen LogP contribution in [0.4, 0.5) is 0 Å². The van der Waals surface area contributed by atoms with E-state index in [0.717, 1.165) is 0 Å². The second-order valence-corrected chi connectivity index (χ2v) is 9.08. The molecule has 0 N–H and O–H groups in total. The predicted octanol–water partition coefficient (Wildman–Crippen LogP) is 6.29. The van der Waals surface area contributed by atoms with Gasteiger partial charge in [0.05, 0.1) is 5.41 Å². The highest BCUT2D eigenvalue weighted by Gasteiger charge is 2.52. The van der Waals surface area contributed by atoms with Gasteiger partial charge in [-0.25, -0.2) is 4.58 Å². The highest BCUT2D eigenvalue weighted by atomic mass is 15.1. The SMILES string of the molecule is CCCC1=CC=CC(CCC)[C@@H]1[N+]1=CC(C)(c2ccccc2)CC1(C)C. The summed E-state index contributed by atoms with van der Waals surface area (Å²) in [6, 6.07) is 11.6. The van der Waals surface area contributed by atoms with Crippen molar-refractivity contribution in [1.82, 2.24) is 0 Å². The maximum absolute atomic E-state index is 2.73. The monoisotopic (exact) mass is 350 g/mol. The summed E-state index contributed by atoms with van der Waals surface area (Å²) in [6.45, 7) is 11.9. The Morgan fingerprint density at radius 3 is 2.42 bits per heavy atom. The van der Waals surface area contributed by atoms with Gasteiger partial charge < -0.3 is 0 Å². The van der Waals surface area contributed by atoms with E-state index in [4.69, 9.17) is 0 Å². The van der Waals surface area contributed by atoms with Crippen molar-refractivity contribution >= 4 is 6.21 Å². The Hall–Kier alpha value is -1.63. The molecule has 0 saturated heterocycles. The molecule has 0 fully saturated rings. The van der Waals surface area contributed by atoms with Gasteiger partial charge in [0, 0.05) is 12.3 Å². The van der Waals surface area contributed by atoms with Crippen molar-refractivity contribution in [3.63, 3.8) is 0 Å². The average molecular weight is 351 g/mol. The van der Waals surface area contributed by atoms with Gasteiger partial charge in [0.25, 0.3) is 0 Å². The molecule has 2 unspecified atom stereocenters. The molecule has 0 spiro atoms. The smallest absolute Gasteiger partial charge is 0.180 e. The van der Waals surface area contributed by atoms with Crippen molar-refractivity contribution in [1.29, 1.82) is 0 Å². The van der Waals surface area contributed by atoms with E-state index in [9.17, 15) is 0 Å². The summed E-state index contributed by atoms with van der Waals surface area (Å²) in [5.41, 5.74) is 3.34. The molecule has 1 aliphatic carbocycles. The summed E-state index contributed by atoms with van der Waals surface area (Å²) >= 11 is 0. The molecular formula is C25H36N+. The zero-order valence-corrected chi connectivity index (χ0v) is 17.3. The standard InChI is InChI=1S/C25H36N/c1-6-12-20-14-11-15-21(13-7-2)23(20)26-19-25(5,18-24(26,3)4)22-16-9-8-10-17-22/h8-11,14-17,19-20,23H,6-7,12-13,18H2,1-5H3/q+1/t20?,23-,25?/m0/s1. The van der Waals surface area contributed by atoms with Crippen molar-refractivity contribution in [2.75, 3.05) is 0 Å². The number of allylic oxidation sites excluding steroid dienone is 2. The van der Waals surface area contributed by atoms with Crippen LogP contribution in [-0.2, 0) is 5.41 Å². The number of rotatable bonds is 6. The molecule has 0 saturated carbocycles. The molecule has 0 radical (unpaired) electrons. The third-order valence-electron chi connectivity index (χ3n) is 6.27. The zero-order valence-electron chi connectivity index (χ0n) is 17.3. The van der Waals surface area contributed by atoms with Crippen molar-refractivity contribution < 1.29 is 4.58 Å². The highest BCUT2D eigenvalue weighted by molar-refractivity contribution is 5.71. The molecule has 2 aliphatic rings. The summed E-state index contributed by atoms with van der Waals surface area (Å²) < 4.78 is 2.73. The van der Waals surface area contributed by atoms with Crippen LogP contribution in [0.3, 0.4) is 0 Å². The number of benzene rings is 1. The van der Waals surface area contributed by atoms with Gasteiger partial charge in [-0.1, -0.05) is 75.2 Å². The molecule has 3 atom stereocenters. The second kappa shape index (κ2) is 7.55. The average Bonchev–Trinajstić information content (AvgIpc) is 2.87. The van der Waals surface area contributed by atoms with Gasteiger partial charge >= 0.3 is 0 Å². The second-order valence-electron chi connectivity index (χ2n) is 9.08. The van der Waals surface area contributed by atoms with Crippen LogP contribution in [-0.4, -0.2) is 22.4 Å². The maximum atomic E-state index is 2.73. The maximum Gasteiger partial charge on any atom is 0.180 e. The quantitative estimate of drug-likeness (QED) is 0.530. The number of nitrogens with zero attached hydrogens (tertiary/aromatic N) is 1. The minimum absolute atomic E-state index is 0.111. The van der Waals surface area contributed by atoms with E-state index in [1.165, 1.54) is 37.7 Å². The van der Waals surface area contributed by atoms with Crippen molar-refractivity contribution in [3.05, 3.63) is 59.7 Å². The Kier molecular flexibility index (Phi) is 5.55. The van der Waals surface area contributed by atoms with E-state index in [0.29, 0.717) is 12.0 Å². The molecule has 1 aliphatic heterocycles. The van der Waals surface area contributed by atoms with E-state index in [-0.39, 0.29) is 11.0 Å². The van der Waals surface area contributed by atoms with Gasteiger partial charge in [-0.2, -0.15) is 0 Å². The molecule has 0 amide bonds. The van der Waals surface area contributed by atoms with Crippen LogP contribution in [0.15, 0.2) is 54.1 Å². The van der Waals surface area contributed by atoms with E-state index in [1.807, 2.05) is 0 Å². The van der Waals surface area contributed by atoms with E-state index in [2.05, 4.69) is 94.0 Å². The molecule has 0 bridgehead atoms. The van der Waals surface area contributed by atoms with Crippen LogP contribution in [0, 0.1) is 5.92 Å². The van der Waals surface area contributed by atoms with E-state index < -0.39 is 0 Å². The summed E-state index contributed by atoms with van der Waals surface area (Å²) in [4.78, 5) is 0. The Balaban J connectivity index is 2.04. The Labute approximate surface area is 160 Å². The Bertz CT molecular complexity index is 707. The van der Waals surface area contributed by atoms with Gasteiger partial charge in [0.1, 0.15) is 0 Å². The van der Waals surface area contributed by atoms with Gasteiger partial charge in [-0.3, -0.25) is 0 Å². The minimum Gasteiger partial charge on any atom is -0.227 e. The highest BCUT2D eigenvalue weighted by Crippen LogP contribution is 2.42. The van der Waals surface area contributed by atoms with Crippen LogP contribution in [0.1, 0.15) is 72.3 Å². The van der Waals surface area contributed by atoms with Gasteiger partial charge in [-0.15, -0.1) is 0 Å². The fourth-order valence-corrected chi connectivity index (χ4v) is 5.26. The fourth-order valence-electron chi connectivity index (χ4n) is 5.26. The van der Waals surface area contributed by atoms with Gasteiger partial charge in [0.15, 0.2) is 17.8 Å². The van der Waals surface area contributed by atoms with Crippen molar-refractivity contribution in [2.24, 2.45) is 5.92 Å². The van der Waals surface area contributed by atoms with Crippen LogP contribution in [0.25, 0.3) is 0 Å². The normalized spacial score (nSPS) is 30.2. The van der Waals surface area contributed by atoms with Crippen molar-refractivity contribution in [2.45, 2.75) is 83.7 Å². The third kappa shape index (κ3) is 3.59. The van der Waals surface area contributed by atoms with Crippen LogP contribution in [0.5, 0.6) is 0 Å². The summed E-state index contributed by atoms with van der Waals surface area (Å²) in [7, 11) is 0. The third-order valence-corrected chi connectivity index (χ3v) is 6.27. The summed E-state index contributed by atoms with van der Waals surface area (Å²) in [6.07, 6.45) is 15.8. The lowest BCUT2D eigenvalue weighted by atomic mass is 9.77.